The Kier molecular flexibility index (Phi) is 4.87. The normalized spacial score (nSPS) is 14.6. The number of rotatable bonds is 3. The number of fused-ring (bicyclic) bond motifs is 1. The molecule has 0 N–H and O–H groups in total. The molecule has 1 aliphatic heterocycles. The number of carbonyl (C=O) groups excluding carboxylic acids is 3. The van der Waals surface area contributed by atoms with Gasteiger partial charge in [0.05, 0.1) is 22.4 Å². The van der Waals surface area contributed by atoms with Crippen LogP contribution in [0.2, 0.25) is 0 Å². The lowest BCUT2D eigenvalue weighted by atomic mass is 10.2. The molecule has 0 bridgehead atoms. The zero-order chi connectivity index (χ0) is 20.5. The molecule has 4 rings (SSSR count). The van der Waals surface area contributed by atoms with Crippen molar-refractivity contribution in [1.82, 2.24) is 4.57 Å². The second-order valence-electron chi connectivity index (χ2n) is 6.69. The summed E-state index contributed by atoms with van der Waals surface area (Å²) in [6, 6.07) is 12.3. The first-order chi connectivity index (χ1) is 14.0. The van der Waals surface area contributed by atoms with Crippen LogP contribution in [0.25, 0.3) is 10.2 Å². The molecule has 0 atom stereocenters. The fraction of sp³-hybridized carbons (Fsp3) is 0.182. The predicted molar refractivity (Wildman–Crippen MR) is 111 cm³/mol. The molecule has 0 unspecified atom stereocenters. The average Bonchev–Trinajstić information content (AvgIpc) is 3.22. The van der Waals surface area contributed by atoms with Gasteiger partial charge < -0.3 is 4.57 Å². The maximum absolute atomic E-state index is 12.8. The molecular formula is C22H17N3O3S. The number of anilines is 1. The van der Waals surface area contributed by atoms with E-state index in [-0.39, 0.29) is 24.7 Å². The molecule has 7 heteroatoms. The van der Waals surface area contributed by atoms with Gasteiger partial charge in [-0.15, -0.1) is 6.42 Å². The van der Waals surface area contributed by atoms with E-state index in [9.17, 15) is 14.4 Å². The van der Waals surface area contributed by atoms with Crippen LogP contribution in [0.3, 0.4) is 0 Å². The number of terminal acetylenes is 1. The number of hydrogen-bond donors (Lipinski definition) is 0. The van der Waals surface area contributed by atoms with Crippen molar-refractivity contribution in [3.05, 3.63) is 58.4 Å². The van der Waals surface area contributed by atoms with Gasteiger partial charge in [0.15, 0.2) is 4.80 Å². The molecule has 0 radical (unpaired) electrons. The minimum Gasteiger partial charge on any atom is -0.304 e. The summed E-state index contributed by atoms with van der Waals surface area (Å²) >= 11 is 1.39. The molecule has 6 nitrogen and oxygen atoms in total. The second-order valence-corrected chi connectivity index (χ2v) is 7.70. The van der Waals surface area contributed by atoms with Crippen molar-refractivity contribution in [3.63, 3.8) is 0 Å². The number of amides is 3. The van der Waals surface area contributed by atoms with Gasteiger partial charge in [-0.2, -0.15) is 4.99 Å². The van der Waals surface area contributed by atoms with Gasteiger partial charge in [-0.05, 0) is 36.8 Å². The van der Waals surface area contributed by atoms with Crippen molar-refractivity contribution >= 4 is 45.0 Å². The van der Waals surface area contributed by atoms with Crippen LogP contribution in [0.5, 0.6) is 0 Å². The lowest BCUT2D eigenvalue weighted by molar-refractivity contribution is -0.121. The van der Waals surface area contributed by atoms with E-state index >= 15 is 0 Å². The summed E-state index contributed by atoms with van der Waals surface area (Å²) in [5, 5.41) is 0. The topological polar surface area (TPSA) is 71.7 Å². The molecule has 1 aliphatic rings. The number of nitrogens with zero attached hydrogens (tertiary/aromatic N) is 3. The second kappa shape index (κ2) is 7.49. The van der Waals surface area contributed by atoms with Gasteiger partial charge in [0, 0.05) is 18.4 Å². The standard InChI is InChI=1S/C22H17N3O3S/c1-3-12-24-20-14(2)6-4-9-17(20)29-22(24)23-21(28)15-7-5-8-16(13-15)25-18(26)10-11-19(25)27/h1,4-9,13H,10-12H2,2H3. The van der Waals surface area contributed by atoms with Gasteiger partial charge in [0.1, 0.15) is 0 Å². The lowest BCUT2D eigenvalue weighted by Crippen LogP contribution is -2.28. The van der Waals surface area contributed by atoms with Crippen molar-refractivity contribution < 1.29 is 14.4 Å². The molecule has 3 amide bonds. The molecule has 1 aromatic heterocycles. The number of imide groups is 1. The number of para-hydroxylation sites is 1. The van der Waals surface area contributed by atoms with Gasteiger partial charge >= 0.3 is 0 Å². The fourth-order valence-electron chi connectivity index (χ4n) is 3.42. The SMILES string of the molecule is C#CCn1c(=NC(=O)c2cccc(N3C(=O)CCC3=O)c2)sc2cccc(C)c21. The fourth-order valence-corrected chi connectivity index (χ4v) is 4.53. The van der Waals surface area contributed by atoms with Crippen LogP contribution in [-0.2, 0) is 16.1 Å². The Morgan fingerprint density at radius 1 is 1.17 bits per heavy atom. The summed E-state index contributed by atoms with van der Waals surface area (Å²) in [5.41, 5.74) is 2.71. The number of benzene rings is 2. The third-order valence-electron chi connectivity index (χ3n) is 4.75. The number of thiazole rings is 1. The third kappa shape index (κ3) is 3.39. The highest BCUT2D eigenvalue weighted by Gasteiger charge is 2.30. The van der Waals surface area contributed by atoms with E-state index in [0.29, 0.717) is 22.6 Å². The van der Waals surface area contributed by atoms with Crippen molar-refractivity contribution in [2.75, 3.05) is 4.90 Å². The molecule has 2 heterocycles. The van der Waals surface area contributed by atoms with Gasteiger partial charge in [-0.3, -0.25) is 19.3 Å². The molecular weight excluding hydrogens is 386 g/mol. The molecule has 2 aromatic carbocycles. The van der Waals surface area contributed by atoms with Crippen LogP contribution < -0.4 is 9.70 Å². The van der Waals surface area contributed by atoms with E-state index in [1.165, 1.54) is 17.4 Å². The highest BCUT2D eigenvalue weighted by molar-refractivity contribution is 7.16. The Bertz CT molecular complexity index is 1260. The minimum absolute atomic E-state index is 0.189. The highest BCUT2D eigenvalue weighted by atomic mass is 32.1. The van der Waals surface area contributed by atoms with Crippen molar-refractivity contribution in [2.45, 2.75) is 26.3 Å². The molecule has 0 spiro atoms. The zero-order valence-electron chi connectivity index (χ0n) is 15.7. The van der Waals surface area contributed by atoms with Crippen LogP contribution in [0, 0.1) is 19.3 Å². The van der Waals surface area contributed by atoms with Crippen LogP contribution in [0.4, 0.5) is 5.69 Å². The molecule has 0 saturated carbocycles. The van der Waals surface area contributed by atoms with Gasteiger partial charge in [-0.1, -0.05) is 35.5 Å². The average molecular weight is 403 g/mol. The van der Waals surface area contributed by atoms with Gasteiger partial charge in [-0.25, -0.2) is 0 Å². The Morgan fingerprint density at radius 2 is 1.90 bits per heavy atom. The Hall–Kier alpha value is -3.50. The molecule has 144 valence electrons. The van der Waals surface area contributed by atoms with E-state index in [1.54, 1.807) is 18.2 Å². The van der Waals surface area contributed by atoms with Gasteiger partial charge in [0.2, 0.25) is 11.8 Å². The third-order valence-corrected chi connectivity index (χ3v) is 5.80. The number of hydrogen-bond acceptors (Lipinski definition) is 4. The van der Waals surface area contributed by atoms with E-state index < -0.39 is 5.91 Å². The Balaban J connectivity index is 1.78. The largest absolute Gasteiger partial charge is 0.304 e. The number of aromatic nitrogens is 1. The van der Waals surface area contributed by atoms with E-state index in [4.69, 9.17) is 6.42 Å². The number of carbonyl (C=O) groups is 3. The van der Waals surface area contributed by atoms with E-state index in [0.717, 1.165) is 20.7 Å². The predicted octanol–water partition coefficient (Wildman–Crippen LogP) is 3.04. The quantitative estimate of drug-likeness (QED) is 0.498. The van der Waals surface area contributed by atoms with E-state index in [2.05, 4.69) is 10.9 Å². The minimum atomic E-state index is -0.457. The number of aryl methyl sites for hydroxylation is 1. The monoisotopic (exact) mass is 403 g/mol. The van der Waals surface area contributed by atoms with Crippen LogP contribution in [0.15, 0.2) is 47.5 Å². The first kappa shape index (κ1) is 18.8. The van der Waals surface area contributed by atoms with Crippen LogP contribution >= 0.6 is 11.3 Å². The zero-order valence-corrected chi connectivity index (χ0v) is 16.5. The lowest BCUT2D eigenvalue weighted by Gasteiger charge is -2.14. The van der Waals surface area contributed by atoms with Gasteiger partial charge in [0.25, 0.3) is 5.91 Å². The summed E-state index contributed by atoms with van der Waals surface area (Å²) < 4.78 is 2.85. The molecule has 0 aliphatic carbocycles. The van der Waals surface area contributed by atoms with Crippen LogP contribution in [0.1, 0.15) is 28.8 Å². The summed E-state index contributed by atoms with van der Waals surface area (Å²) in [6.45, 7) is 2.29. The first-order valence-corrected chi connectivity index (χ1v) is 9.88. The Morgan fingerprint density at radius 3 is 2.62 bits per heavy atom. The van der Waals surface area contributed by atoms with Crippen molar-refractivity contribution in [2.24, 2.45) is 4.99 Å². The van der Waals surface area contributed by atoms with E-state index in [1.807, 2.05) is 29.7 Å². The van der Waals surface area contributed by atoms with Crippen LogP contribution in [-0.4, -0.2) is 22.3 Å². The molecule has 29 heavy (non-hydrogen) atoms. The maximum Gasteiger partial charge on any atom is 0.279 e. The van der Waals surface area contributed by atoms with Crippen molar-refractivity contribution in [3.8, 4) is 12.3 Å². The summed E-state index contributed by atoms with van der Waals surface area (Å²) in [7, 11) is 0. The summed E-state index contributed by atoms with van der Waals surface area (Å²) in [5.74, 6) is 1.64. The molecule has 1 saturated heterocycles. The molecule has 1 fully saturated rings. The summed E-state index contributed by atoms with van der Waals surface area (Å²) in [4.78, 5) is 42.7. The molecule has 3 aromatic rings. The van der Waals surface area contributed by atoms with Crippen molar-refractivity contribution in [1.29, 1.82) is 0 Å². The Labute approximate surface area is 171 Å². The summed E-state index contributed by atoms with van der Waals surface area (Å²) in [6.07, 6.45) is 5.90. The maximum atomic E-state index is 12.8. The smallest absolute Gasteiger partial charge is 0.279 e. The first-order valence-electron chi connectivity index (χ1n) is 9.07. The highest BCUT2D eigenvalue weighted by Crippen LogP contribution is 2.24.